The highest BCUT2D eigenvalue weighted by atomic mass is 35.5. The molecule has 8 heteroatoms. The Bertz CT molecular complexity index is 623. The Labute approximate surface area is 145 Å². The van der Waals surface area contributed by atoms with Gasteiger partial charge < -0.3 is 19.9 Å². The standard InChI is InChI=1S/C16H21ClN2O5/c1-23-13-7-12(14(24-2)6-11(13)17)18-15(20)9-19-5-3-4-10(8-19)16(21)22/h6-7,10H,3-5,8-9H2,1-2H3,(H,18,20)(H,21,22). The molecule has 0 aliphatic carbocycles. The summed E-state index contributed by atoms with van der Waals surface area (Å²) < 4.78 is 10.4. The van der Waals surface area contributed by atoms with Gasteiger partial charge in [-0.3, -0.25) is 14.5 Å². The summed E-state index contributed by atoms with van der Waals surface area (Å²) in [5.41, 5.74) is 0.454. The van der Waals surface area contributed by atoms with Crippen molar-refractivity contribution in [1.29, 1.82) is 0 Å². The number of carboxylic acid groups (broad SMARTS) is 1. The van der Waals surface area contributed by atoms with Crippen LogP contribution in [0.3, 0.4) is 0 Å². The molecule has 1 aliphatic heterocycles. The van der Waals surface area contributed by atoms with Gasteiger partial charge in [-0.25, -0.2) is 0 Å². The van der Waals surface area contributed by atoms with Crippen LogP contribution >= 0.6 is 11.6 Å². The summed E-state index contributed by atoms with van der Waals surface area (Å²) in [7, 11) is 2.97. The van der Waals surface area contributed by atoms with Crippen molar-refractivity contribution in [3.05, 3.63) is 17.2 Å². The zero-order chi connectivity index (χ0) is 17.7. The van der Waals surface area contributed by atoms with Crippen molar-refractivity contribution in [1.82, 2.24) is 4.90 Å². The van der Waals surface area contributed by atoms with Crippen molar-refractivity contribution in [2.75, 3.05) is 39.2 Å². The van der Waals surface area contributed by atoms with Gasteiger partial charge in [0.15, 0.2) is 0 Å². The summed E-state index contributed by atoms with van der Waals surface area (Å²) in [4.78, 5) is 25.2. The van der Waals surface area contributed by atoms with E-state index in [1.807, 2.05) is 4.90 Å². The van der Waals surface area contributed by atoms with Gasteiger partial charge in [-0.2, -0.15) is 0 Å². The molecule has 1 amide bonds. The second-order valence-corrected chi connectivity index (χ2v) is 6.05. The highest BCUT2D eigenvalue weighted by Crippen LogP contribution is 2.35. The molecule has 0 spiro atoms. The zero-order valence-corrected chi connectivity index (χ0v) is 14.4. The number of hydrogen-bond acceptors (Lipinski definition) is 5. The number of carbonyl (C=O) groups is 2. The highest BCUT2D eigenvalue weighted by Gasteiger charge is 2.26. The van der Waals surface area contributed by atoms with Crippen molar-refractivity contribution in [2.24, 2.45) is 5.92 Å². The molecular weight excluding hydrogens is 336 g/mol. The summed E-state index contributed by atoms with van der Waals surface area (Å²) in [6, 6.07) is 3.16. The van der Waals surface area contributed by atoms with E-state index < -0.39 is 11.9 Å². The molecule has 1 aromatic rings. The second-order valence-electron chi connectivity index (χ2n) is 5.65. The largest absolute Gasteiger partial charge is 0.495 e. The minimum Gasteiger partial charge on any atom is -0.495 e. The summed E-state index contributed by atoms with van der Waals surface area (Å²) in [6.07, 6.45) is 1.41. The van der Waals surface area contributed by atoms with Crippen LogP contribution in [0.5, 0.6) is 11.5 Å². The maximum Gasteiger partial charge on any atom is 0.307 e. The van der Waals surface area contributed by atoms with E-state index in [1.165, 1.54) is 14.2 Å². The molecule has 2 N–H and O–H groups in total. The maximum absolute atomic E-state index is 12.3. The molecule has 0 bridgehead atoms. The number of nitrogens with zero attached hydrogens (tertiary/aromatic N) is 1. The van der Waals surface area contributed by atoms with Gasteiger partial charge in [0.25, 0.3) is 0 Å². The average molecular weight is 357 g/mol. The molecule has 132 valence electrons. The third kappa shape index (κ3) is 4.52. The van der Waals surface area contributed by atoms with Crippen molar-refractivity contribution in [2.45, 2.75) is 12.8 Å². The van der Waals surface area contributed by atoms with E-state index in [2.05, 4.69) is 5.32 Å². The summed E-state index contributed by atoms with van der Waals surface area (Å²) >= 11 is 6.04. The van der Waals surface area contributed by atoms with Gasteiger partial charge in [0.2, 0.25) is 5.91 Å². The Kier molecular flexibility index (Phi) is 6.28. The number of aliphatic carboxylic acids is 1. The Hall–Kier alpha value is -1.99. The van der Waals surface area contributed by atoms with E-state index >= 15 is 0 Å². The van der Waals surface area contributed by atoms with Crippen LogP contribution in [0.1, 0.15) is 12.8 Å². The van der Waals surface area contributed by atoms with E-state index in [4.69, 9.17) is 26.2 Å². The van der Waals surface area contributed by atoms with Crippen molar-refractivity contribution in [3.63, 3.8) is 0 Å². The molecule has 1 unspecified atom stereocenters. The Morgan fingerprint density at radius 1 is 1.33 bits per heavy atom. The molecule has 2 rings (SSSR count). The lowest BCUT2D eigenvalue weighted by Crippen LogP contribution is -2.42. The average Bonchev–Trinajstić information content (AvgIpc) is 2.56. The van der Waals surface area contributed by atoms with Crippen LogP contribution in [0.15, 0.2) is 12.1 Å². The molecular formula is C16H21ClN2O5. The van der Waals surface area contributed by atoms with Crippen LogP contribution in [-0.4, -0.2) is 55.7 Å². The minimum absolute atomic E-state index is 0.123. The predicted molar refractivity (Wildman–Crippen MR) is 90.0 cm³/mol. The fraction of sp³-hybridized carbons (Fsp3) is 0.500. The van der Waals surface area contributed by atoms with Gasteiger partial charge in [0, 0.05) is 18.7 Å². The summed E-state index contributed by atoms with van der Waals surface area (Å²) in [5, 5.41) is 12.3. The number of anilines is 1. The number of ether oxygens (including phenoxy) is 2. The first-order valence-electron chi connectivity index (χ1n) is 7.61. The Morgan fingerprint density at radius 3 is 2.67 bits per heavy atom. The molecule has 7 nitrogen and oxygen atoms in total. The smallest absolute Gasteiger partial charge is 0.307 e. The number of carboxylic acids is 1. The van der Waals surface area contributed by atoms with E-state index in [0.717, 1.165) is 6.42 Å². The number of nitrogens with one attached hydrogen (secondary N) is 1. The van der Waals surface area contributed by atoms with Crippen LogP contribution in [0.4, 0.5) is 5.69 Å². The van der Waals surface area contributed by atoms with Crippen LogP contribution in [0, 0.1) is 5.92 Å². The second kappa shape index (κ2) is 8.21. The number of benzene rings is 1. The number of likely N-dealkylation sites (tertiary alicyclic amines) is 1. The van der Waals surface area contributed by atoms with Gasteiger partial charge in [-0.1, -0.05) is 11.6 Å². The Morgan fingerprint density at radius 2 is 2.04 bits per heavy atom. The number of piperidine rings is 1. The van der Waals surface area contributed by atoms with Crippen LogP contribution < -0.4 is 14.8 Å². The van der Waals surface area contributed by atoms with E-state index in [0.29, 0.717) is 41.7 Å². The summed E-state index contributed by atoms with van der Waals surface area (Å²) in [5.74, 6) is -0.627. The first-order valence-corrected chi connectivity index (χ1v) is 7.99. The molecule has 1 aliphatic rings. The molecule has 1 atom stereocenters. The predicted octanol–water partition coefficient (Wildman–Crippen LogP) is 2.09. The van der Waals surface area contributed by atoms with E-state index in [1.54, 1.807) is 12.1 Å². The van der Waals surface area contributed by atoms with Crippen LogP contribution in [0.25, 0.3) is 0 Å². The topological polar surface area (TPSA) is 88.1 Å². The molecule has 0 aromatic heterocycles. The normalized spacial score (nSPS) is 18.0. The zero-order valence-electron chi connectivity index (χ0n) is 13.7. The fourth-order valence-electron chi connectivity index (χ4n) is 2.75. The lowest BCUT2D eigenvalue weighted by atomic mass is 9.98. The molecule has 0 saturated carbocycles. The third-order valence-corrected chi connectivity index (χ3v) is 4.27. The highest BCUT2D eigenvalue weighted by molar-refractivity contribution is 6.32. The molecule has 0 radical (unpaired) electrons. The Balaban J connectivity index is 2.03. The van der Waals surface area contributed by atoms with Crippen LogP contribution in [0.2, 0.25) is 5.02 Å². The van der Waals surface area contributed by atoms with Crippen molar-refractivity contribution in [3.8, 4) is 11.5 Å². The first kappa shape index (κ1) is 18.4. The van der Waals surface area contributed by atoms with E-state index in [9.17, 15) is 9.59 Å². The third-order valence-electron chi connectivity index (χ3n) is 3.97. The monoisotopic (exact) mass is 356 g/mol. The number of carbonyl (C=O) groups excluding carboxylic acids is 1. The first-order chi connectivity index (χ1) is 11.4. The number of methoxy groups -OCH3 is 2. The summed E-state index contributed by atoms with van der Waals surface area (Å²) in [6.45, 7) is 1.21. The van der Waals surface area contributed by atoms with Gasteiger partial charge in [-0.05, 0) is 19.4 Å². The van der Waals surface area contributed by atoms with Crippen molar-refractivity contribution < 1.29 is 24.2 Å². The van der Waals surface area contributed by atoms with Gasteiger partial charge in [0.05, 0.1) is 37.4 Å². The number of halogens is 1. The quantitative estimate of drug-likeness (QED) is 0.811. The number of hydrogen-bond donors (Lipinski definition) is 2. The lowest BCUT2D eigenvalue weighted by Gasteiger charge is -2.30. The molecule has 24 heavy (non-hydrogen) atoms. The van der Waals surface area contributed by atoms with Crippen molar-refractivity contribution >= 4 is 29.2 Å². The van der Waals surface area contributed by atoms with Gasteiger partial charge in [-0.15, -0.1) is 0 Å². The fourth-order valence-corrected chi connectivity index (χ4v) is 2.98. The lowest BCUT2D eigenvalue weighted by molar-refractivity contribution is -0.144. The SMILES string of the molecule is COc1cc(NC(=O)CN2CCCC(C(=O)O)C2)c(OC)cc1Cl. The van der Waals surface area contributed by atoms with Crippen LogP contribution in [-0.2, 0) is 9.59 Å². The molecule has 1 heterocycles. The van der Waals surface area contributed by atoms with E-state index in [-0.39, 0.29) is 12.5 Å². The van der Waals surface area contributed by atoms with Gasteiger partial charge >= 0.3 is 5.97 Å². The number of rotatable bonds is 6. The minimum atomic E-state index is -0.816. The molecule has 1 fully saturated rings. The number of amides is 1. The molecule has 1 saturated heterocycles. The maximum atomic E-state index is 12.3. The molecule has 1 aromatic carbocycles. The van der Waals surface area contributed by atoms with Gasteiger partial charge in [0.1, 0.15) is 11.5 Å².